The molecule has 2 heterocycles. The molecule has 8 heteroatoms. The maximum atomic E-state index is 10.0. The van der Waals surface area contributed by atoms with Gasteiger partial charge in [0.15, 0.2) is 11.5 Å². The first kappa shape index (κ1) is 20.7. The van der Waals surface area contributed by atoms with Crippen LogP contribution in [-0.2, 0) is 0 Å². The van der Waals surface area contributed by atoms with E-state index in [0.717, 1.165) is 33.4 Å². The Hall–Kier alpha value is -3.55. The Bertz CT molecular complexity index is 1220. The minimum Gasteiger partial charge on any atom is -0.503 e. The molecule has 0 unspecified atom stereocenters. The number of rotatable bonds is 7. The van der Waals surface area contributed by atoms with Crippen molar-refractivity contribution in [2.75, 3.05) is 25.6 Å². The van der Waals surface area contributed by atoms with E-state index in [1.54, 1.807) is 30.6 Å². The van der Waals surface area contributed by atoms with E-state index in [-0.39, 0.29) is 10.8 Å². The summed E-state index contributed by atoms with van der Waals surface area (Å²) in [5.74, 6) is 0.735. The monoisotopic (exact) mass is 435 g/mol. The van der Waals surface area contributed by atoms with Crippen LogP contribution in [0.2, 0.25) is 5.02 Å². The van der Waals surface area contributed by atoms with E-state index in [9.17, 15) is 5.11 Å². The van der Waals surface area contributed by atoms with Crippen molar-refractivity contribution in [3.05, 3.63) is 65.9 Å². The molecule has 0 fully saturated rings. The van der Waals surface area contributed by atoms with Crippen LogP contribution in [-0.4, -0.2) is 35.3 Å². The molecule has 0 amide bonds. The highest BCUT2D eigenvalue weighted by molar-refractivity contribution is 6.32. The minimum absolute atomic E-state index is 0.0857. The molecule has 4 rings (SSSR count). The standard InChI is InChI=1S/C23H20ClN4O3/c1-30-21-12-15(11-18(24)23(21)29)14-2-4-19-17(10-14)20(6-8-26-19)28-16-3-5-22(27-13-16)31-9-7-25/h2-5,8,10-13,29H,7,9,25H2,1H3,(H,26,28). The third-order valence-corrected chi connectivity index (χ3v) is 4.92. The second-order valence-corrected chi connectivity index (χ2v) is 7.07. The first-order valence-electron chi connectivity index (χ1n) is 9.52. The van der Waals surface area contributed by atoms with Crippen LogP contribution in [0.1, 0.15) is 0 Å². The number of nitrogens with one attached hydrogen (secondary N) is 1. The number of halogens is 1. The first-order chi connectivity index (χ1) is 15.1. The molecule has 2 aromatic heterocycles. The number of hydrogen-bond acceptors (Lipinski definition) is 7. The molecule has 0 atom stereocenters. The van der Waals surface area contributed by atoms with Gasteiger partial charge in [-0.2, -0.15) is 0 Å². The average Bonchev–Trinajstić information content (AvgIpc) is 2.80. The van der Waals surface area contributed by atoms with Crippen LogP contribution < -0.4 is 20.5 Å². The molecule has 4 aromatic rings. The van der Waals surface area contributed by atoms with Crippen LogP contribution in [0.4, 0.5) is 11.4 Å². The zero-order chi connectivity index (χ0) is 21.8. The molecule has 1 radical (unpaired) electrons. The SMILES string of the molecule is COc1cc(-c2ccc3nc[c]c(Nc4ccc(OCCN)nc4)c3c2)cc(Cl)c1O. The van der Waals surface area contributed by atoms with Gasteiger partial charge in [0.2, 0.25) is 5.88 Å². The van der Waals surface area contributed by atoms with E-state index < -0.39 is 0 Å². The van der Waals surface area contributed by atoms with Gasteiger partial charge in [-0.1, -0.05) is 17.7 Å². The number of hydrogen-bond donors (Lipinski definition) is 3. The summed E-state index contributed by atoms with van der Waals surface area (Å²) in [7, 11) is 1.48. The van der Waals surface area contributed by atoms with Gasteiger partial charge in [0.1, 0.15) is 6.61 Å². The van der Waals surface area contributed by atoms with Gasteiger partial charge in [0, 0.05) is 30.3 Å². The molecular formula is C23H20ClN4O3. The molecule has 0 aliphatic rings. The lowest BCUT2D eigenvalue weighted by Gasteiger charge is -2.12. The molecule has 7 nitrogen and oxygen atoms in total. The lowest BCUT2D eigenvalue weighted by Crippen LogP contribution is -2.11. The van der Waals surface area contributed by atoms with E-state index in [2.05, 4.69) is 21.4 Å². The van der Waals surface area contributed by atoms with E-state index in [4.69, 9.17) is 26.8 Å². The number of anilines is 2. The number of pyridine rings is 2. The van der Waals surface area contributed by atoms with Crippen molar-refractivity contribution >= 4 is 33.9 Å². The molecule has 31 heavy (non-hydrogen) atoms. The number of phenols is 1. The number of aromatic nitrogens is 2. The smallest absolute Gasteiger partial charge is 0.213 e. The molecule has 0 saturated heterocycles. The Labute approximate surface area is 184 Å². The van der Waals surface area contributed by atoms with Crippen molar-refractivity contribution in [1.29, 1.82) is 0 Å². The summed E-state index contributed by atoms with van der Waals surface area (Å²) >= 11 is 6.16. The fourth-order valence-electron chi connectivity index (χ4n) is 3.12. The number of benzene rings is 2. The van der Waals surface area contributed by atoms with Crippen molar-refractivity contribution in [1.82, 2.24) is 9.97 Å². The van der Waals surface area contributed by atoms with Crippen LogP contribution in [0, 0.1) is 6.07 Å². The second kappa shape index (κ2) is 9.07. The largest absolute Gasteiger partial charge is 0.503 e. The minimum atomic E-state index is -0.0857. The van der Waals surface area contributed by atoms with E-state index in [1.165, 1.54) is 7.11 Å². The lowest BCUT2D eigenvalue weighted by molar-refractivity contribution is 0.316. The van der Waals surface area contributed by atoms with Gasteiger partial charge in [-0.15, -0.1) is 0 Å². The molecule has 0 spiro atoms. The summed E-state index contributed by atoms with van der Waals surface area (Å²) in [6.07, 6.45) is 3.30. The molecule has 4 N–H and O–H groups in total. The van der Waals surface area contributed by atoms with Crippen molar-refractivity contribution in [2.45, 2.75) is 0 Å². The maximum Gasteiger partial charge on any atom is 0.213 e. The van der Waals surface area contributed by atoms with Crippen molar-refractivity contribution in [2.24, 2.45) is 5.73 Å². The second-order valence-electron chi connectivity index (χ2n) is 6.67. The summed E-state index contributed by atoms with van der Waals surface area (Å²) in [5, 5.41) is 14.4. The number of phenolic OH excluding ortho intramolecular Hbond substituents is 1. The molecule has 0 saturated carbocycles. The third-order valence-electron chi connectivity index (χ3n) is 4.63. The van der Waals surface area contributed by atoms with Crippen LogP contribution in [0.3, 0.4) is 0 Å². The number of ether oxygens (including phenoxy) is 2. The predicted molar refractivity (Wildman–Crippen MR) is 121 cm³/mol. The zero-order valence-electron chi connectivity index (χ0n) is 16.7. The molecular weight excluding hydrogens is 416 g/mol. The van der Waals surface area contributed by atoms with E-state index in [0.29, 0.717) is 24.8 Å². The van der Waals surface area contributed by atoms with Gasteiger partial charge in [0.05, 0.1) is 35.2 Å². The average molecular weight is 436 g/mol. The Balaban J connectivity index is 1.69. The number of aromatic hydroxyl groups is 1. The van der Waals surface area contributed by atoms with Crippen LogP contribution in [0.15, 0.2) is 54.9 Å². The molecule has 2 aromatic carbocycles. The normalized spacial score (nSPS) is 10.8. The molecule has 0 aliphatic carbocycles. The Morgan fingerprint density at radius 1 is 1.13 bits per heavy atom. The Kier molecular flexibility index (Phi) is 6.06. The van der Waals surface area contributed by atoms with Crippen LogP contribution in [0.25, 0.3) is 22.0 Å². The van der Waals surface area contributed by atoms with E-state index >= 15 is 0 Å². The predicted octanol–water partition coefficient (Wildman–Crippen LogP) is 4.55. The zero-order valence-corrected chi connectivity index (χ0v) is 17.5. The summed E-state index contributed by atoms with van der Waals surface area (Å²) in [6, 6.07) is 16.0. The lowest BCUT2D eigenvalue weighted by atomic mass is 10.0. The first-order valence-corrected chi connectivity index (χ1v) is 9.90. The van der Waals surface area contributed by atoms with E-state index in [1.807, 2.05) is 24.3 Å². The summed E-state index contributed by atoms with van der Waals surface area (Å²) in [5.41, 5.74) is 9.48. The maximum absolute atomic E-state index is 10.0. The highest BCUT2D eigenvalue weighted by Crippen LogP contribution is 2.39. The van der Waals surface area contributed by atoms with Crippen molar-refractivity contribution in [3.8, 4) is 28.5 Å². The van der Waals surface area contributed by atoms with Gasteiger partial charge >= 0.3 is 0 Å². The van der Waals surface area contributed by atoms with Gasteiger partial charge in [-0.3, -0.25) is 4.98 Å². The number of nitrogens with zero attached hydrogens (tertiary/aromatic N) is 2. The van der Waals surface area contributed by atoms with Gasteiger partial charge in [-0.25, -0.2) is 4.98 Å². The van der Waals surface area contributed by atoms with Gasteiger partial charge < -0.3 is 25.6 Å². The summed E-state index contributed by atoms with van der Waals surface area (Å²) < 4.78 is 10.6. The highest BCUT2D eigenvalue weighted by atomic mass is 35.5. The summed E-state index contributed by atoms with van der Waals surface area (Å²) in [4.78, 5) is 8.67. The quantitative estimate of drug-likeness (QED) is 0.391. The van der Waals surface area contributed by atoms with Gasteiger partial charge in [-0.05, 0) is 41.5 Å². The number of methoxy groups -OCH3 is 1. The van der Waals surface area contributed by atoms with Crippen LogP contribution >= 0.6 is 11.6 Å². The highest BCUT2D eigenvalue weighted by Gasteiger charge is 2.12. The Morgan fingerprint density at radius 3 is 2.74 bits per heavy atom. The molecule has 0 aliphatic heterocycles. The number of fused-ring (bicyclic) bond motifs is 1. The fraction of sp³-hybridized carbons (Fsp3) is 0.130. The van der Waals surface area contributed by atoms with Crippen LogP contribution in [0.5, 0.6) is 17.4 Å². The van der Waals surface area contributed by atoms with Crippen molar-refractivity contribution in [3.63, 3.8) is 0 Å². The fourth-order valence-corrected chi connectivity index (χ4v) is 3.33. The number of nitrogens with two attached hydrogens (primary N) is 1. The van der Waals surface area contributed by atoms with Crippen molar-refractivity contribution < 1.29 is 14.6 Å². The molecule has 0 bridgehead atoms. The summed E-state index contributed by atoms with van der Waals surface area (Å²) in [6.45, 7) is 0.845. The topological polar surface area (TPSA) is 103 Å². The third kappa shape index (κ3) is 4.47. The Morgan fingerprint density at radius 2 is 2.00 bits per heavy atom. The van der Waals surface area contributed by atoms with Gasteiger partial charge in [0.25, 0.3) is 0 Å². The molecule has 157 valence electrons.